The fraction of sp³-hybridized carbons (Fsp3) is 0.435. The molecule has 0 aromatic heterocycles. The number of halogens is 1. The van der Waals surface area contributed by atoms with Gasteiger partial charge in [0.25, 0.3) is 0 Å². The highest BCUT2D eigenvalue weighted by Gasteiger charge is 2.32. The molecule has 1 fully saturated rings. The third-order valence-corrected chi connectivity index (χ3v) is 5.75. The molecule has 1 aliphatic heterocycles. The number of rotatable bonds is 7. The second kappa shape index (κ2) is 9.94. The van der Waals surface area contributed by atoms with Crippen molar-refractivity contribution in [3.63, 3.8) is 0 Å². The van der Waals surface area contributed by atoms with Gasteiger partial charge in [-0.25, -0.2) is 0 Å². The Labute approximate surface area is 172 Å². The molecule has 2 aromatic rings. The van der Waals surface area contributed by atoms with Crippen LogP contribution < -0.4 is 10.1 Å². The van der Waals surface area contributed by atoms with E-state index in [0.29, 0.717) is 0 Å². The lowest BCUT2D eigenvalue weighted by atomic mass is 9.90. The number of hydrogen-bond acceptors (Lipinski definition) is 3. The van der Waals surface area contributed by atoms with E-state index in [1.54, 1.807) is 14.0 Å². The number of hydrogen-bond donors (Lipinski definition) is 1. The van der Waals surface area contributed by atoms with Crippen LogP contribution in [0.1, 0.15) is 30.9 Å². The number of likely N-dealkylation sites (tertiary alicyclic amines) is 1. The average molecular weight is 401 g/mol. The number of carbonyl (C=O) groups excluding carboxylic acids is 1. The SMILES string of the molecule is COc1ccccc1CCN[C@H]1CCCN(C(C)=O)[C@H]1Cc1cccc(Cl)c1. The van der Waals surface area contributed by atoms with Crippen molar-refractivity contribution in [1.82, 2.24) is 10.2 Å². The molecule has 1 heterocycles. The molecule has 0 bridgehead atoms. The van der Waals surface area contributed by atoms with Crippen LogP contribution in [0.3, 0.4) is 0 Å². The molecule has 0 aliphatic carbocycles. The number of ether oxygens (including phenoxy) is 1. The molecule has 3 rings (SSSR count). The Hall–Kier alpha value is -2.04. The lowest BCUT2D eigenvalue weighted by Gasteiger charge is -2.41. The molecule has 0 saturated carbocycles. The van der Waals surface area contributed by atoms with Crippen molar-refractivity contribution >= 4 is 17.5 Å². The summed E-state index contributed by atoms with van der Waals surface area (Å²) in [5.74, 6) is 1.07. The van der Waals surface area contributed by atoms with E-state index < -0.39 is 0 Å². The molecule has 2 aromatic carbocycles. The maximum Gasteiger partial charge on any atom is 0.219 e. The van der Waals surface area contributed by atoms with Gasteiger partial charge >= 0.3 is 0 Å². The summed E-state index contributed by atoms with van der Waals surface area (Å²) in [4.78, 5) is 14.3. The first-order chi connectivity index (χ1) is 13.6. The van der Waals surface area contributed by atoms with Gasteiger partial charge in [0.05, 0.1) is 13.2 Å². The quantitative estimate of drug-likeness (QED) is 0.760. The fourth-order valence-electron chi connectivity index (χ4n) is 4.15. The number of methoxy groups -OCH3 is 1. The van der Waals surface area contributed by atoms with E-state index >= 15 is 0 Å². The number of piperidine rings is 1. The Morgan fingerprint density at radius 3 is 2.82 bits per heavy atom. The third kappa shape index (κ3) is 5.27. The van der Waals surface area contributed by atoms with E-state index in [2.05, 4.69) is 17.4 Å². The van der Waals surface area contributed by atoms with Crippen LogP contribution in [0.4, 0.5) is 0 Å². The van der Waals surface area contributed by atoms with Crippen molar-refractivity contribution in [1.29, 1.82) is 0 Å². The normalized spacial score (nSPS) is 19.5. The highest BCUT2D eigenvalue weighted by molar-refractivity contribution is 6.30. The first-order valence-electron chi connectivity index (χ1n) is 9.95. The van der Waals surface area contributed by atoms with Crippen molar-refractivity contribution in [3.05, 3.63) is 64.7 Å². The van der Waals surface area contributed by atoms with Gasteiger partial charge < -0.3 is 15.0 Å². The fourth-order valence-corrected chi connectivity index (χ4v) is 4.36. The van der Waals surface area contributed by atoms with E-state index in [4.69, 9.17) is 16.3 Å². The summed E-state index contributed by atoms with van der Waals surface area (Å²) in [6.07, 6.45) is 3.80. The number of benzene rings is 2. The number of para-hydroxylation sites is 1. The van der Waals surface area contributed by atoms with Crippen LogP contribution in [0.5, 0.6) is 5.75 Å². The number of nitrogens with one attached hydrogen (secondary N) is 1. The topological polar surface area (TPSA) is 41.6 Å². The van der Waals surface area contributed by atoms with Crippen molar-refractivity contribution in [2.75, 3.05) is 20.2 Å². The first-order valence-corrected chi connectivity index (χ1v) is 10.3. The zero-order valence-electron chi connectivity index (χ0n) is 16.7. The summed E-state index contributed by atoms with van der Waals surface area (Å²) < 4.78 is 5.45. The van der Waals surface area contributed by atoms with Crippen molar-refractivity contribution in [3.8, 4) is 5.75 Å². The Morgan fingerprint density at radius 2 is 2.07 bits per heavy atom. The van der Waals surface area contributed by atoms with Crippen molar-refractivity contribution < 1.29 is 9.53 Å². The summed E-state index contributed by atoms with van der Waals surface area (Å²) in [5, 5.41) is 4.45. The Balaban J connectivity index is 1.68. The van der Waals surface area contributed by atoms with Gasteiger partial charge in [0, 0.05) is 24.5 Å². The summed E-state index contributed by atoms with van der Waals surface area (Å²) in [5.41, 5.74) is 2.37. The van der Waals surface area contributed by atoms with Gasteiger partial charge in [0.2, 0.25) is 5.91 Å². The van der Waals surface area contributed by atoms with E-state index in [-0.39, 0.29) is 18.0 Å². The summed E-state index contributed by atoms with van der Waals surface area (Å²) in [6.45, 7) is 3.34. The molecule has 5 heteroatoms. The van der Waals surface area contributed by atoms with Gasteiger partial charge in [-0.05, 0) is 61.6 Å². The van der Waals surface area contributed by atoms with Crippen LogP contribution in [0.25, 0.3) is 0 Å². The van der Waals surface area contributed by atoms with Gasteiger partial charge in [0.1, 0.15) is 5.75 Å². The molecular weight excluding hydrogens is 372 g/mol. The lowest BCUT2D eigenvalue weighted by molar-refractivity contribution is -0.133. The average Bonchev–Trinajstić information content (AvgIpc) is 2.69. The second-order valence-corrected chi connectivity index (χ2v) is 7.81. The van der Waals surface area contributed by atoms with Gasteiger partial charge in [-0.15, -0.1) is 0 Å². The van der Waals surface area contributed by atoms with Crippen molar-refractivity contribution in [2.24, 2.45) is 0 Å². The van der Waals surface area contributed by atoms with Crippen molar-refractivity contribution in [2.45, 2.75) is 44.7 Å². The molecule has 1 N–H and O–H groups in total. The minimum absolute atomic E-state index is 0.141. The smallest absolute Gasteiger partial charge is 0.219 e. The van der Waals surface area contributed by atoms with E-state index in [9.17, 15) is 4.79 Å². The van der Waals surface area contributed by atoms with Crippen LogP contribution in [0, 0.1) is 0 Å². The highest BCUT2D eigenvalue weighted by Crippen LogP contribution is 2.24. The van der Waals surface area contributed by atoms with Gasteiger partial charge in [-0.3, -0.25) is 4.79 Å². The maximum atomic E-state index is 12.2. The van der Waals surface area contributed by atoms with Gasteiger partial charge in [0.15, 0.2) is 0 Å². The van der Waals surface area contributed by atoms with Crippen LogP contribution >= 0.6 is 11.6 Å². The zero-order valence-corrected chi connectivity index (χ0v) is 17.4. The Bertz CT molecular complexity index is 796. The first kappa shape index (κ1) is 20.7. The van der Waals surface area contributed by atoms with Gasteiger partial charge in [-0.1, -0.05) is 41.9 Å². The molecule has 0 radical (unpaired) electrons. The number of nitrogens with zero attached hydrogens (tertiary/aromatic N) is 1. The molecule has 0 spiro atoms. The minimum atomic E-state index is 0.141. The van der Waals surface area contributed by atoms with Crippen LogP contribution in [0.15, 0.2) is 48.5 Å². The molecule has 1 saturated heterocycles. The van der Waals surface area contributed by atoms with E-state index in [1.165, 1.54) is 11.1 Å². The summed E-state index contributed by atoms with van der Waals surface area (Å²) in [6, 6.07) is 16.5. The standard InChI is InChI=1S/C23H29ClN2O2/c1-17(27)26-14-6-10-21(22(26)16-18-7-5-9-20(24)15-18)25-13-12-19-8-3-4-11-23(19)28-2/h3-5,7-9,11,15,21-22,25H,6,10,12-14,16H2,1-2H3/t21-,22-/m0/s1. The van der Waals surface area contributed by atoms with Crippen LogP contribution in [-0.4, -0.2) is 43.1 Å². The molecular formula is C23H29ClN2O2. The van der Waals surface area contributed by atoms with Gasteiger partial charge in [-0.2, -0.15) is 0 Å². The Kier molecular flexibility index (Phi) is 7.35. The Morgan fingerprint density at radius 1 is 1.25 bits per heavy atom. The van der Waals surface area contributed by atoms with E-state index in [0.717, 1.165) is 49.5 Å². The lowest BCUT2D eigenvalue weighted by Crippen LogP contribution is -2.56. The van der Waals surface area contributed by atoms with Crippen LogP contribution in [0.2, 0.25) is 5.02 Å². The molecule has 150 valence electrons. The molecule has 1 aliphatic rings. The molecule has 1 amide bonds. The number of amides is 1. The zero-order chi connectivity index (χ0) is 19.9. The third-order valence-electron chi connectivity index (χ3n) is 5.51. The molecule has 4 nitrogen and oxygen atoms in total. The highest BCUT2D eigenvalue weighted by atomic mass is 35.5. The monoisotopic (exact) mass is 400 g/mol. The summed E-state index contributed by atoms with van der Waals surface area (Å²) >= 11 is 6.17. The second-order valence-electron chi connectivity index (χ2n) is 7.38. The molecule has 28 heavy (non-hydrogen) atoms. The molecule has 0 unspecified atom stereocenters. The minimum Gasteiger partial charge on any atom is -0.496 e. The molecule has 2 atom stereocenters. The number of carbonyl (C=O) groups is 1. The largest absolute Gasteiger partial charge is 0.496 e. The van der Waals surface area contributed by atoms with Crippen LogP contribution in [-0.2, 0) is 17.6 Å². The summed E-state index contributed by atoms with van der Waals surface area (Å²) in [7, 11) is 1.71. The predicted octanol–water partition coefficient (Wildman–Crippen LogP) is 4.10. The van der Waals surface area contributed by atoms with E-state index in [1.807, 2.05) is 41.3 Å². The maximum absolute atomic E-state index is 12.2. The predicted molar refractivity (Wildman–Crippen MR) is 114 cm³/mol.